The third kappa shape index (κ3) is 3.61. The Morgan fingerprint density at radius 2 is 1.89 bits per heavy atom. The van der Waals surface area contributed by atoms with Crippen LogP contribution >= 0.6 is 10.7 Å². The Morgan fingerprint density at radius 3 is 2.56 bits per heavy atom. The van der Waals surface area contributed by atoms with Crippen LogP contribution in [0.15, 0.2) is 18.2 Å². The van der Waals surface area contributed by atoms with Gasteiger partial charge in [0.1, 0.15) is 5.75 Å². The maximum Gasteiger partial charge on any atom is 0.427 e. The lowest BCUT2D eigenvalue weighted by Crippen LogP contribution is -2.29. The van der Waals surface area contributed by atoms with Crippen LogP contribution in [0.5, 0.6) is 5.75 Å². The summed E-state index contributed by atoms with van der Waals surface area (Å²) in [7, 11) is 0.757. The van der Waals surface area contributed by atoms with Crippen molar-refractivity contribution in [1.29, 1.82) is 0 Å². The van der Waals surface area contributed by atoms with E-state index in [1.807, 2.05) is 6.07 Å². The SMILES string of the molecule is O=C(NS(=O)(=O)Cl)Oc1ccc2c(c1)CCCC2. The molecule has 1 amide bonds. The molecule has 0 spiro atoms. The Kier molecular flexibility index (Phi) is 3.77. The van der Waals surface area contributed by atoms with Gasteiger partial charge in [0.05, 0.1) is 0 Å². The van der Waals surface area contributed by atoms with Crippen LogP contribution in [0.2, 0.25) is 0 Å². The van der Waals surface area contributed by atoms with Crippen LogP contribution in [-0.4, -0.2) is 14.5 Å². The summed E-state index contributed by atoms with van der Waals surface area (Å²) in [4.78, 5) is 11.2. The van der Waals surface area contributed by atoms with Crippen LogP contribution in [0.4, 0.5) is 4.79 Å². The number of rotatable bonds is 2. The Morgan fingerprint density at radius 1 is 1.22 bits per heavy atom. The van der Waals surface area contributed by atoms with Crippen molar-refractivity contribution >= 4 is 26.0 Å². The van der Waals surface area contributed by atoms with Crippen LogP contribution in [0.1, 0.15) is 24.0 Å². The highest BCUT2D eigenvalue weighted by molar-refractivity contribution is 8.12. The number of carbonyl (C=O) groups excluding carboxylic acids is 1. The average Bonchev–Trinajstić information content (AvgIpc) is 2.26. The minimum Gasteiger partial charge on any atom is -0.410 e. The standard InChI is InChI=1S/C11H12ClNO4S/c12-18(15,16)13-11(14)17-10-6-5-8-3-1-2-4-9(8)7-10/h5-7H,1-4H2,(H,13,14). The Hall–Kier alpha value is -1.27. The third-order valence-corrected chi connectivity index (χ3v) is 3.38. The van der Waals surface area contributed by atoms with Crippen molar-refractivity contribution in [3.63, 3.8) is 0 Å². The minimum atomic E-state index is -4.11. The number of nitrogens with one attached hydrogen (secondary N) is 1. The number of aryl methyl sites for hydroxylation is 2. The lowest BCUT2D eigenvalue weighted by molar-refractivity contribution is 0.207. The van der Waals surface area contributed by atoms with Crippen molar-refractivity contribution in [1.82, 2.24) is 4.72 Å². The minimum absolute atomic E-state index is 0.313. The van der Waals surface area contributed by atoms with Gasteiger partial charge in [-0.3, -0.25) is 0 Å². The van der Waals surface area contributed by atoms with Crippen molar-refractivity contribution in [3.05, 3.63) is 29.3 Å². The van der Waals surface area contributed by atoms with E-state index in [2.05, 4.69) is 0 Å². The van der Waals surface area contributed by atoms with Gasteiger partial charge in [-0.15, -0.1) is 0 Å². The number of amides is 1. The average molecular weight is 290 g/mol. The summed E-state index contributed by atoms with van der Waals surface area (Å²) < 4.78 is 27.6. The number of halogens is 1. The van der Waals surface area contributed by atoms with E-state index in [9.17, 15) is 13.2 Å². The van der Waals surface area contributed by atoms with E-state index < -0.39 is 15.3 Å². The second-order valence-electron chi connectivity index (χ2n) is 4.07. The molecular weight excluding hydrogens is 278 g/mol. The molecule has 0 unspecified atom stereocenters. The van der Waals surface area contributed by atoms with Crippen LogP contribution in [0.25, 0.3) is 0 Å². The molecule has 0 saturated heterocycles. The monoisotopic (exact) mass is 289 g/mol. The van der Waals surface area contributed by atoms with Gasteiger partial charge >= 0.3 is 15.3 Å². The quantitative estimate of drug-likeness (QED) is 0.847. The van der Waals surface area contributed by atoms with Crippen LogP contribution in [-0.2, 0) is 22.1 Å². The van der Waals surface area contributed by atoms with Gasteiger partial charge in [0.25, 0.3) is 0 Å². The number of ether oxygens (including phenoxy) is 1. The van der Waals surface area contributed by atoms with E-state index in [1.165, 1.54) is 10.3 Å². The molecule has 0 aliphatic heterocycles. The van der Waals surface area contributed by atoms with Crippen molar-refractivity contribution in [2.75, 3.05) is 0 Å². The normalized spacial score (nSPS) is 14.7. The zero-order valence-electron chi connectivity index (χ0n) is 9.48. The summed E-state index contributed by atoms with van der Waals surface area (Å²) in [6.07, 6.45) is 3.14. The molecule has 1 aliphatic rings. The van der Waals surface area contributed by atoms with Gasteiger partial charge in [-0.05, 0) is 48.9 Å². The highest BCUT2D eigenvalue weighted by atomic mass is 35.7. The van der Waals surface area contributed by atoms with E-state index in [4.69, 9.17) is 15.4 Å². The lowest BCUT2D eigenvalue weighted by atomic mass is 9.92. The van der Waals surface area contributed by atoms with E-state index in [1.54, 1.807) is 12.1 Å². The Bertz CT molecular complexity index is 570. The molecule has 0 atom stereocenters. The number of carbonyl (C=O) groups is 1. The van der Waals surface area contributed by atoms with Crippen molar-refractivity contribution in [2.45, 2.75) is 25.7 Å². The highest BCUT2D eigenvalue weighted by Crippen LogP contribution is 2.25. The molecule has 5 nitrogen and oxygen atoms in total. The first-order valence-corrected chi connectivity index (χ1v) is 7.81. The summed E-state index contributed by atoms with van der Waals surface area (Å²) in [5.74, 6) is 0.313. The predicted octanol–water partition coefficient (Wildman–Crippen LogP) is 2.14. The molecule has 0 heterocycles. The fraction of sp³-hybridized carbons (Fsp3) is 0.364. The Labute approximate surface area is 110 Å². The summed E-state index contributed by atoms with van der Waals surface area (Å²) in [5.41, 5.74) is 2.39. The van der Waals surface area contributed by atoms with E-state index in [0.29, 0.717) is 5.75 Å². The van der Waals surface area contributed by atoms with Crippen LogP contribution < -0.4 is 9.46 Å². The van der Waals surface area contributed by atoms with E-state index in [-0.39, 0.29) is 0 Å². The van der Waals surface area contributed by atoms with Gasteiger partial charge in [0.2, 0.25) is 0 Å². The first-order valence-electron chi connectivity index (χ1n) is 5.50. The largest absolute Gasteiger partial charge is 0.427 e. The van der Waals surface area contributed by atoms with Gasteiger partial charge in [0.15, 0.2) is 0 Å². The number of hydrogen-bond acceptors (Lipinski definition) is 4. The van der Waals surface area contributed by atoms with Crippen molar-refractivity contribution < 1.29 is 17.9 Å². The zero-order chi connectivity index (χ0) is 13.2. The molecule has 1 aliphatic carbocycles. The Balaban J connectivity index is 2.08. The first kappa shape index (κ1) is 13.2. The van der Waals surface area contributed by atoms with Crippen LogP contribution in [0.3, 0.4) is 0 Å². The first-order chi connectivity index (χ1) is 8.44. The highest BCUT2D eigenvalue weighted by Gasteiger charge is 2.14. The summed E-state index contributed by atoms with van der Waals surface area (Å²) in [6, 6.07) is 5.30. The number of hydrogen-bond donors (Lipinski definition) is 1. The molecule has 2 rings (SSSR count). The molecule has 0 saturated carbocycles. The van der Waals surface area contributed by atoms with Gasteiger partial charge in [-0.1, -0.05) is 6.07 Å². The molecule has 1 N–H and O–H groups in total. The van der Waals surface area contributed by atoms with Gasteiger partial charge in [-0.25, -0.2) is 9.52 Å². The second kappa shape index (κ2) is 5.16. The lowest BCUT2D eigenvalue weighted by Gasteiger charge is -2.16. The number of benzene rings is 1. The third-order valence-electron chi connectivity index (χ3n) is 2.74. The van der Waals surface area contributed by atoms with E-state index >= 15 is 0 Å². The van der Waals surface area contributed by atoms with Gasteiger partial charge < -0.3 is 4.74 Å². The molecule has 1 aromatic carbocycles. The summed E-state index contributed by atoms with van der Waals surface area (Å²) in [5, 5.41) is 0. The van der Waals surface area contributed by atoms with Gasteiger partial charge in [0, 0.05) is 10.7 Å². The molecule has 1 aromatic rings. The fourth-order valence-corrected chi connectivity index (χ4v) is 2.43. The maximum absolute atomic E-state index is 11.2. The summed E-state index contributed by atoms with van der Waals surface area (Å²) >= 11 is 0. The molecule has 0 radical (unpaired) electrons. The zero-order valence-corrected chi connectivity index (χ0v) is 11.1. The van der Waals surface area contributed by atoms with Crippen molar-refractivity contribution in [2.24, 2.45) is 0 Å². The molecule has 0 fully saturated rings. The van der Waals surface area contributed by atoms with Gasteiger partial charge in [-0.2, -0.15) is 8.42 Å². The molecule has 0 aromatic heterocycles. The maximum atomic E-state index is 11.2. The fourth-order valence-electron chi connectivity index (χ4n) is 2.00. The molecule has 7 heteroatoms. The molecule has 0 bridgehead atoms. The number of fused-ring (bicyclic) bond motifs is 1. The summed E-state index contributed by atoms with van der Waals surface area (Å²) in [6.45, 7) is 0. The van der Waals surface area contributed by atoms with Crippen molar-refractivity contribution in [3.8, 4) is 5.75 Å². The van der Waals surface area contributed by atoms with E-state index in [0.717, 1.165) is 31.2 Å². The molecule has 98 valence electrons. The second-order valence-corrected chi connectivity index (χ2v) is 6.37. The van der Waals surface area contributed by atoms with Crippen LogP contribution in [0, 0.1) is 0 Å². The topological polar surface area (TPSA) is 72.5 Å². The smallest absolute Gasteiger partial charge is 0.410 e. The predicted molar refractivity (Wildman–Crippen MR) is 67.0 cm³/mol. The molecule has 18 heavy (non-hydrogen) atoms. The molecular formula is C11H12ClNO4S.